The molecule has 7 heteroatoms. The Morgan fingerprint density at radius 3 is 2.00 bits per heavy atom. The SMILES string of the molecule is O=S(=O)(O)OI(c1ccccc1)c1ccc(F)cc1. The van der Waals surface area contributed by atoms with Gasteiger partial charge in [0.05, 0.1) is 0 Å². The van der Waals surface area contributed by atoms with Gasteiger partial charge in [0.1, 0.15) is 0 Å². The zero-order valence-corrected chi connectivity index (χ0v) is 12.5. The van der Waals surface area contributed by atoms with Crippen molar-refractivity contribution < 1.29 is 19.9 Å². The van der Waals surface area contributed by atoms with E-state index >= 15 is 0 Å². The van der Waals surface area contributed by atoms with Gasteiger partial charge >= 0.3 is 118 Å². The first kappa shape index (κ1) is 14.4. The molecule has 0 saturated heterocycles. The number of hydrogen-bond donors (Lipinski definition) is 1. The van der Waals surface area contributed by atoms with Gasteiger partial charge in [-0.05, 0) is 0 Å². The van der Waals surface area contributed by atoms with Gasteiger partial charge in [-0.15, -0.1) is 0 Å². The summed E-state index contributed by atoms with van der Waals surface area (Å²) in [5.74, 6) is -0.417. The topological polar surface area (TPSA) is 63.6 Å². The van der Waals surface area contributed by atoms with Crippen LogP contribution in [0.5, 0.6) is 0 Å². The Hall–Kier alpha value is -1.03. The first-order valence-corrected chi connectivity index (χ1v) is 9.54. The third-order valence-corrected chi connectivity index (χ3v) is 8.50. The summed E-state index contributed by atoms with van der Waals surface area (Å²) in [5.41, 5.74) is 0. The summed E-state index contributed by atoms with van der Waals surface area (Å²) in [6.45, 7) is 0. The van der Waals surface area contributed by atoms with Crippen molar-refractivity contribution in [1.29, 1.82) is 0 Å². The molecule has 0 amide bonds. The molecule has 102 valence electrons. The summed E-state index contributed by atoms with van der Waals surface area (Å²) >= 11 is -2.80. The van der Waals surface area contributed by atoms with Gasteiger partial charge in [-0.25, -0.2) is 0 Å². The van der Waals surface area contributed by atoms with Crippen molar-refractivity contribution in [2.24, 2.45) is 0 Å². The second kappa shape index (κ2) is 5.95. The number of benzene rings is 2. The number of rotatable bonds is 4. The van der Waals surface area contributed by atoms with E-state index in [2.05, 4.69) is 0 Å². The van der Waals surface area contributed by atoms with E-state index < -0.39 is 36.5 Å². The van der Waals surface area contributed by atoms with Crippen LogP contribution in [-0.4, -0.2) is 13.0 Å². The monoisotopic (exact) mass is 396 g/mol. The Morgan fingerprint density at radius 1 is 0.947 bits per heavy atom. The number of hydrogen-bond acceptors (Lipinski definition) is 3. The normalized spacial score (nSPS) is 12.2. The Kier molecular flexibility index (Phi) is 4.50. The van der Waals surface area contributed by atoms with E-state index in [1.54, 1.807) is 30.3 Å². The minimum absolute atomic E-state index is 0.417. The van der Waals surface area contributed by atoms with Crippen LogP contribution in [0.15, 0.2) is 54.6 Å². The fourth-order valence-corrected chi connectivity index (χ4v) is 7.07. The average Bonchev–Trinajstić information content (AvgIpc) is 2.37. The summed E-state index contributed by atoms with van der Waals surface area (Å²) in [5, 5.41) is 0. The molecule has 0 spiro atoms. The maximum atomic E-state index is 12.9. The van der Waals surface area contributed by atoms with Crippen LogP contribution in [0.4, 0.5) is 4.39 Å². The summed E-state index contributed by atoms with van der Waals surface area (Å²) in [7, 11) is -4.55. The zero-order valence-electron chi connectivity index (χ0n) is 9.53. The molecule has 2 rings (SSSR count). The van der Waals surface area contributed by atoms with Crippen LogP contribution in [0.2, 0.25) is 0 Å². The molecular weight excluding hydrogens is 386 g/mol. The third-order valence-electron chi connectivity index (χ3n) is 2.08. The Balaban J connectivity index is 2.43. The van der Waals surface area contributed by atoms with E-state index in [9.17, 15) is 12.8 Å². The molecule has 0 aromatic heterocycles. The number of halogens is 2. The molecule has 2 aromatic rings. The van der Waals surface area contributed by atoms with Gasteiger partial charge in [-0.2, -0.15) is 0 Å². The molecule has 19 heavy (non-hydrogen) atoms. The molecule has 0 atom stereocenters. The molecule has 0 bridgehead atoms. The summed E-state index contributed by atoms with van der Waals surface area (Å²) in [4.78, 5) is 0. The second-order valence-corrected chi connectivity index (χ2v) is 9.44. The predicted molar refractivity (Wildman–Crippen MR) is 76.9 cm³/mol. The molecule has 4 nitrogen and oxygen atoms in total. The average molecular weight is 396 g/mol. The van der Waals surface area contributed by atoms with Crippen LogP contribution in [0.1, 0.15) is 0 Å². The molecule has 1 N–H and O–H groups in total. The first-order chi connectivity index (χ1) is 8.96. The van der Waals surface area contributed by atoms with E-state index in [0.29, 0.717) is 7.14 Å². The molecular formula is C12H10FIO4S. The standard InChI is InChI=1S/C12H10FIO4S/c13-10-6-8-12(9-7-10)14(18-19(15,16)17)11-4-2-1-3-5-11/h1-9H,(H,15,16,17). The summed E-state index contributed by atoms with van der Waals surface area (Å²) in [6.07, 6.45) is 0. The Bertz CT molecular complexity index is 643. The predicted octanol–water partition coefficient (Wildman–Crippen LogP) is 3.11. The molecule has 0 unspecified atom stereocenters. The van der Waals surface area contributed by atoms with E-state index in [1.165, 1.54) is 24.3 Å². The van der Waals surface area contributed by atoms with Crippen molar-refractivity contribution in [1.82, 2.24) is 0 Å². The Morgan fingerprint density at radius 2 is 1.47 bits per heavy atom. The quantitative estimate of drug-likeness (QED) is 0.638. The Labute approximate surface area is 118 Å². The fraction of sp³-hybridized carbons (Fsp3) is 0. The minimum atomic E-state index is -4.55. The van der Waals surface area contributed by atoms with E-state index in [1.807, 2.05) is 0 Å². The van der Waals surface area contributed by atoms with Crippen LogP contribution in [-0.2, 0) is 12.9 Å². The van der Waals surface area contributed by atoms with E-state index in [-0.39, 0.29) is 0 Å². The third kappa shape index (κ3) is 4.23. The van der Waals surface area contributed by atoms with E-state index in [4.69, 9.17) is 7.07 Å². The van der Waals surface area contributed by atoms with Crippen LogP contribution in [0, 0.1) is 13.0 Å². The van der Waals surface area contributed by atoms with Crippen molar-refractivity contribution in [2.45, 2.75) is 0 Å². The van der Waals surface area contributed by atoms with Crippen LogP contribution in [0.25, 0.3) is 0 Å². The molecule has 0 fully saturated rings. The zero-order chi connectivity index (χ0) is 13.9. The molecule has 0 radical (unpaired) electrons. The van der Waals surface area contributed by atoms with Crippen LogP contribution < -0.4 is 0 Å². The molecule has 0 heterocycles. The van der Waals surface area contributed by atoms with Crippen molar-refractivity contribution in [3.8, 4) is 0 Å². The summed E-state index contributed by atoms with van der Waals surface area (Å²) in [6, 6.07) is 14.1. The molecule has 2 aromatic carbocycles. The second-order valence-electron chi connectivity index (χ2n) is 3.47. The van der Waals surface area contributed by atoms with Gasteiger partial charge in [0.25, 0.3) is 0 Å². The van der Waals surface area contributed by atoms with Crippen molar-refractivity contribution in [2.75, 3.05) is 0 Å². The van der Waals surface area contributed by atoms with Crippen molar-refractivity contribution in [3.63, 3.8) is 0 Å². The van der Waals surface area contributed by atoms with Gasteiger partial charge in [-0.3, -0.25) is 0 Å². The molecule has 0 aliphatic rings. The summed E-state index contributed by atoms with van der Waals surface area (Å²) < 4.78 is 49.8. The molecule has 0 aliphatic carbocycles. The van der Waals surface area contributed by atoms with E-state index in [0.717, 1.165) is 0 Å². The van der Waals surface area contributed by atoms with Crippen molar-refractivity contribution >= 4 is 30.6 Å². The molecule has 0 saturated carbocycles. The van der Waals surface area contributed by atoms with Gasteiger partial charge in [0.2, 0.25) is 0 Å². The van der Waals surface area contributed by atoms with Gasteiger partial charge < -0.3 is 0 Å². The first-order valence-electron chi connectivity index (χ1n) is 5.14. The fourth-order valence-electron chi connectivity index (χ4n) is 1.35. The maximum absolute atomic E-state index is 12.9. The van der Waals surface area contributed by atoms with Gasteiger partial charge in [0, 0.05) is 0 Å². The van der Waals surface area contributed by atoms with Crippen LogP contribution in [0.3, 0.4) is 0 Å². The molecule has 0 aliphatic heterocycles. The van der Waals surface area contributed by atoms with Crippen molar-refractivity contribution in [3.05, 3.63) is 67.6 Å². The van der Waals surface area contributed by atoms with Gasteiger partial charge in [-0.1, -0.05) is 0 Å². The van der Waals surface area contributed by atoms with Gasteiger partial charge in [0.15, 0.2) is 0 Å². The van der Waals surface area contributed by atoms with Crippen LogP contribution >= 0.6 is 20.2 Å².